The number of morpholine rings is 1. The van der Waals surface area contributed by atoms with Crippen molar-refractivity contribution in [2.24, 2.45) is 5.92 Å². The van der Waals surface area contributed by atoms with Crippen molar-refractivity contribution in [3.63, 3.8) is 0 Å². The van der Waals surface area contributed by atoms with E-state index in [0.717, 1.165) is 23.1 Å². The number of aryl methyl sites for hydroxylation is 1. The summed E-state index contributed by atoms with van der Waals surface area (Å²) in [7, 11) is 0. The Morgan fingerprint density at radius 2 is 2.00 bits per heavy atom. The molecule has 3 rings (SSSR count). The van der Waals surface area contributed by atoms with E-state index in [1.165, 1.54) is 17.3 Å². The standard InChI is InChI=1S/C20H28N4O2S/c1-5-24-18(16-8-6-7-15(4)13-16)21-22-20(24)27-17(14(2)3)19(25)23-9-11-26-12-10-23/h6-8,13-14,17H,5,9-12H2,1-4H3. The predicted molar refractivity (Wildman–Crippen MR) is 108 cm³/mol. The van der Waals surface area contributed by atoms with Crippen LogP contribution in [-0.4, -0.2) is 57.1 Å². The van der Waals surface area contributed by atoms with E-state index in [1.807, 2.05) is 11.0 Å². The van der Waals surface area contributed by atoms with Crippen molar-refractivity contribution in [2.45, 2.75) is 44.6 Å². The molecular weight excluding hydrogens is 360 g/mol. The summed E-state index contributed by atoms with van der Waals surface area (Å²) in [5.74, 6) is 1.22. The van der Waals surface area contributed by atoms with E-state index in [1.54, 1.807) is 0 Å². The number of nitrogens with zero attached hydrogens (tertiary/aromatic N) is 4. The molecule has 0 N–H and O–H groups in total. The minimum absolute atomic E-state index is 0.168. The van der Waals surface area contributed by atoms with Crippen LogP contribution < -0.4 is 0 Å². The summed E-state index contributed by atoms with van der Waals surface area (Å²) in [6.45, 7) is 11.6. The number of aromatic nitrogens is 3. The third-order valence-corrected chi connectivity index (χ3v) is 6.23. The first-order chi connectivity index (χ1) is 13.0. The highest BCUT2D eigenvalue weighted by molar-refractivity contribution is 8.00. The van der Waals surface area contributed by atoms with Crippen molar-refractivity contribution in [1.29, 1.82) is 0 Å². The number of hydrogen-bond donors (Lipinski definition) is 0. The number of hydrogen-bond acceptors (Lipinski definition) is 5. The van der Waals surface area contributed by atoms with Crippen molar-refractivity contribution in [3.8, 4) is 11.4 Å². The van der Waals surface area contributed by atoms with Crippen LogP contribution >= 0.6 is 11.8 Å². The molecule has 1 aliphatic heterocycles. The second kappa shape index (κ2) is 8.89. The molecule has 7 heteroatoms. The molecule has 146 valence electrons. The molecule has 0 bridgehead atoms. The van der Waals surface area contributed by atoms with Crippen LogP contribution in [-0.2, 0) is 16.1 Å². The van der Waals surface area contributed by atoms with Crippen molar-refractivity contribution in [2.75, 3.05) is 26.3 Å². The molecule has 1 aromatic carbocycles. The first-order valence-corrected chi connectivity index (χ1v) is 10.4. The Morgan fingerprint density at radius 1 is 1.26 bits per heavy atom. The van der Waals surface area contributed by atoms with E-state index in [9.17, 15) is 4.79 Å². The molecule has 1 unspecified atom stereocenters. The van der Waals surface area contributed by atoms with Crippen LogP contribution in [0.1, 0.15) is 26.3 Å². The van der Waals surface area contributed by atoms with Crippen molar-refractivity contribution in [3.05, 3.63) is 29.8 Å². The molecule has 1 aromatic heterocycles. The number of rotatable bonds is 6. The maximum Gasteiger partial charge on any atom is 0.236 e. The van der Waals surface area contributed by atoms with Gasteiger partial charge in [0.15, 0.2) is 11.0 Å². The molecule has 2 aromatic rings. The summed E-state index contributed by atoms with van der Waals surface area (Å²) < 4.78 is 7.48. The van der Waals surface area contributed by atoms with Gasteiger partial charge in [-0.25, -0.2) is 0 Å². The molecule has 0 spiro atoms. The lowest BCUT2D eigenvalue weighted by atomic mass is 10.1. The van der Waals surface area contributed by atoms with Crippen molar-refractivity contribution >= 4 is 17.7 Å². The number of carbonyl (C=O) groups excluding carboxylic acids is 1. The fourth-order valence-corrected chi connectivity index (χ4v) is 4.39. The first-order valence-electron chi connectivity index (χ1n) is 9.54. The molecular formula is C20H28N4O2S. The average Bonchev–Trinajstić information content (AvgIpc) is 3.08. The van der Waals surface area contributed by atoms with Gasteiger partial charge in [-0.1, -0.05) is 49.4 Å². The number of carbonyl (C=O) groups is 1. The van der Waals surface area contributed by atoms with Gasteiger partial charge in [0.25, 0.3) is 0 Å². The second-order valence-electron chi connectivity index (χ2n) is 7.14. The van der Waals surface area contributed by atoms with Gasteiger partial charge in [-0.3, -0.25) is 4.79 Å². The fourth-order valence-electron chi connectivity index (χ4n) is 3.21. The Balaban J connectivity index is 1.85. The predicted octanol–water partition coefficient (Wildman–Crippen LogP) is 3.25. The smallest absolute Gasteiger partial charge is 0.236 e. The zero-order valence-electron chi connectivity index (χ0n) is 16.5. The molecule has 1 aliphatic rings. The monoisotopic (exact) mass is 388 g/mol. The number of thioether (sulfide) groups is 1. The first kappa shape index (κ1) is 19.9. The topological polar surface area (TPSA) is 60.2 Å². The van der Waals surface area contributed by atoms with Crippen LogP contribution in [0.3, 0.4) is 0 Å². The van der Waals surface area contributed by atoms with E-state index in [-0.39, 0.29) is 17.1 Å². The highest BCUT2D eigenvalue weighted by Gasteiger charge is 2.31. The minimum Gasteiger partial charge on any atom is -0.378 e. The molecule has 1 fully saturated rings. The molecule has 1 atom stereocenters. The van der Waals surface area contributed by atoms with Gasteiger partial charge in [0.2, 0.25) is 5.91 Å². The second-order valence-corrected chi connectivity index (χ2v) is 8.25. The average molecular weight is 389 g/mol. The molecule has 1 amide bonds. The van der Waals surface area contributed by atoms with Gasteiger partial charge in [-0.15, -0.1) is 10.2 Å². The quantitative estimate of drug-likeness (QED) is 0.711. The van der Waals surface area contributed by atoms with E-state index in [4.69, 9.17) is 4.74 Å². The van der Waals surface area contributed by atoms with Crippen molar-refractivity contribution < 1.29 is 9.53 Å². The van der Waals surface area contributed by atoms with Gasteiger partial charge >= 0.3 is 0 Å². The third kappa shape index (κ3) is 4.52. The largest absolute Gasteiger partial charge is 0.378 e. The van der Waals surface area contributed by atoms with Gasteiger partial charge < -0.3 is 14.2 Å². The summed E-state index contributed by atoms with van der Waals surface area (Å²) in [5, 5.41) is 9.48. The van der Waals surface area contributed by atoms with Crippen LogP contribution in [0.5, 0.6) is 0 Å². The summed E-state index contributed by atoms with van der Waals surface area (Å²) in [5.41, 5.74) is 2.24. The van der Waals surface area contributed by atoms with Gasteiger partial charge in [0.1, 0.15) is 0 Å². The summed E-state index contributed by atoms with van der Waals surface area (Å²) in [6, 6.07) is 8.27. The van der Waals surface area contributed by atoms with Crippen LogP contribution in [0.4, 0.5) is 0 Å². The molecule has 6 nitrogen and oxygen atoms in total. The van der Waals surface area contributed by atoms with Gasteiger partial charge in [-0.05, 0) is 25.8 Å². The molecule has 0 radical (unpaired) electrons. The molecule has 1 saturated heterocycles. The van der Waals surface area contributed by atoms with Gasteiger partial charge in [-0.2, -0.15) is 0 Å². The molecule has 2 heterocycles. The highest BCUT2D eigenvalue weighted by Crippen LogP contribution is 2.31. The summed E-state index contributed by atoms with van der Waals surface area (Å²) >= 11 is 1.53. The zero-order chi connectivity index (χ0) is 19.4. The lowest BCUT2D eigenvalue weighted by Crippen LogP contribution is -2.46. The Hall–Kier alpha value is -1.86. The normalized spacial score (nSPS) is 16.0. The van der Waals surface area contributed by atoms with Gasteiger partial charge in [0, 0.05) is 25.2 Å². The Morgan fingerprint density at radius 3 is 2.63 bits per heavy atom. The zero-order valence-corrected chi connectivity index (χ0v) is 17.3. The minimum atomic E-state index is -0.178. The van der Waals surface area contributed by atoms with Crippen molar-refractivity contribution in [1.82, 2.24) is 19.7 Å². The van der Waals surface area contributed by atoms with Crippen LogP contribution in [0.15, 0.2) is 29.4 Å². The number of ether oxygens (including phenoxy) is 1. The molecule has 27 heavy (non-hydrogen) atoms. The Labute approximate surface area is 165 Å². The lowest BCUT2D eigenvalue weighted by molar-refractivity contribution is -0.135. The van der Waals surface area contributed by atoms with Crippen LogP contribution in [0, 0.1) is 12.8 Å². The number of amides is 1. The maximum absolute atomic E-state index is 13.1. The Bertz CT molecular complexity index is 784. The lowest BCUT2D eigenvalue weighted by Gasteiger charge is -2.31. The molecule has 0 aliphatic carbocycles. The van der Waals surface area contributed by atoms with Crippen LogP contribution in [0.2, 0.25) is 0 Å². The Kier molecular flexibility index (Phi) is 6.55. The maximum atomic E-state index is 13.1. The molecule has 0 saturated carbocycles. The summed E-state index contributed by atoms with van der Waals surface area (Å²) in [6.07, 6.45) is 0. The SMILES string of the molecule is CCn1c(SC(C(=O)N2CCOCC2)C(C)C)nnc1-c1cccc(C)c1. The van der Waals surface area contributed by atoms with E-state index < -0.39 is 0 Å². The van der Waals surface area contributed by atoms with E-state index in [2.05, 4.69) is 60.7 Å². The number of benzene rings is 1. The summed E-state index contributed by atoms with van der Waals surface area (Å²) in [4.78, 5) is 15.0. The fraction of sp³-hybridized carbons (Fsp3) is 0.550. The van der Waals surface area contributed by atoms with E-state index in [0.29, 0.717) is 26.3 Å². The third-order valence-electron chi connectivity index (χ3n) is 4.71. The highest BCUT2D eigenvalue weighted by atomic mass is 32.2. The van der Waals surface area contributed by atoms with Crippen LogP contribution in [0.25, 0.3) is 11.4 Å². The van der Waals surface area contributed by atoms with Gasteiger partial charge in [0.05, 0.1) is 18.5 Å². The van der Waals surface area contributed by atoms with E-state index >= 15 is 0 Å².